The maximum atomic E-state index is 11.2. The third-order valence-corrected chi connectivity index (χ3v) is 7.06. The molecule has 0 atom stereocenters. The van der Waals surface area contributed by atoms with Gasteiger partial charge in [0, 0.05) is 11.5 Å². The van der Waals surface area contributed by atoms with Gasteiger partial charge in [0.15, 0.2) is 0 Å². The molecule has 146 valence electrons. The molecule has 0 radical (unpaired) electrons. The lowest BCUT2D eigenvalue weighted by molar-refractivity contribution is -0.113. The molecule has 1 fully saturated rings. The van der Waals surface area contributed by atoms with E-state index >= 15 is 0 Å². The van der Waals surface area contributed by atoms with Crippen LogP contribution in [-0.2, 0) is 21.0 Å². The van der Waals surface area contributed by atoms with Crippen molar-refractivity contribution in [3.63, 3.8) is 0 Å². The molecule has 2 aromatic carbocycles. The first-order valence-corrected chi connectivity index (χ1v) is 10.4. The normalized spacial score (nSPS) is 21.3. The van der Waals surface area contributed by atoms with Crippen molar-refractivity contribution in [2.75, 3.05) is 0 Å². The zero-order valence-electron chi connectivity index (χ0n) is 17.5. The third kappa shape index (κ3) is 3.09. The van der Waals surface area contributed by atoms with E-state index in [1.165, 1.54) is 41.2 Å². The number of carbonyl (C=O) groups excluding carboxylic acids is 1. The molecule has 2 N–H and O–H groups in total. The van der Waals surface area contributed by atoms with Gasteiger partial charge in [-0.2, -0.15) is 0 Å². The molecule has 1 saturated carbocycles. The summed E-state index contributed by atoms with van der Waals surface area (Å²) < 4.78 is 0. The Hall–Kier alpha value is -2.35. The number of primary amides is 1. The second-order valence-electron chi connectivity index (χ2n) is 9.93. The van der Waals surface area contributed by atoms with Crippen LogP contribution in [0.1, 0.15) is 81.2 Å². The number of rotatable bonds is 4. The Morgan fingerprint density at radius 2 is 1.50 bits per heavy atom. The van der Waals surface area contributed by atoms with Crippen LogP contribution in [0.3, 0.4) is 0 Å². The fourth-order valence-corrected chi connectivity index (χ4v) is 4.97. The van der Waals surface area contributed by atoms with E-state index in [1.807, 2.05) is 12.1 Å². The van der Waals surface area contributed by atoms with Gasteiger partial charge in [-0.15, -0.1) is 0 Å². The minimum atomic E-state index is -0.405. The predicted octanol–water partition coefficient (Wildman–Crippen LogP) is 5.61. The zero-order valence-corrected chi connectivity index (χ0v) is 17.5. The summed E-state index contributed by atoms with van der Waals surface area (Å²) in [6, 6.07) is 15.6. The van der Waals surface area contributed by atoms with E-state index in [4.69, 9.17) is 5.73 Å². The van der Waals surface area contributed by atoms with Crippen LogP contribution in [0, 0.1) is 0 Å². The van der Waals surface area contributed by atoms with Gasteiger partial charge < -0.3 is 5.73 Å². The van der Waals surface area contributed by atoms with E-state index in [0.717, 1.165) is 18.4 Å². The topological polar surface area (TPSA) is 43.1 Å². The summed E-state index contributed by atoms with van der Waals surface area (Å²) in [5, 5.41) is 0. The molecule has 0 spiro atoms. The Kier molecular flexibility index (Phi) is 4.30. The second kappa shape index (κ2) is 6.34. The molecule has 0 bridgehead atoms. The molecule has 0 saturated heterocycles. The van der Waals surface area contributed by atoms with Crippen LogP contribution in [0.2, 0.25) is 0 Å². The number of hydrogen-bond donors (Lipinski definition) is 1. The Balaban J connectivity index is 1.82. The lowest BCUT2D eigenvalue weighted by Gasteiger charge is -2.42. The molecular formula is C26H31NO. The van der Waals surface area contributed by atoms with E-state index in [0.29, 0.717) is 0 Å². The van der Waals surface area contributed by atoms with E-state index in [1.54, 1.807) is 0 Å². The van der Waals surface area contributed by atoms with Crippen molar-refractivity contribution in [1.82, 2.24) is 0 Å². The fourth-order valence-electron chi connectivity index (χ4n) is 4.97. The molecule has 2 nitrogen and oxygen atoms in total. The van der Waals surface area contributed by atoms with Gasteiger partial charge in [0.1, 0.15) is 0 Å². The van der Waals surface area contributed by atoms with Crippen molar-refractivity contribution in [3.8, 4) is 0 Å². The zero-order chi connectivity index (χ0) is 20.2. The van der Waals surface area contributed by atoms with Gasteiger partial charge in [0.05, 0.1) is 0 Å². The number of amides is 1. The van der Waals surface area contributed by atoms with Crippen LogP contribution in [0.4, 0.5) is 0 Å². The highest BCUT2D eigenvalue weighted by Crippen LogP contribution is 2.56. The summed E-state index contributed by atoms with van der Waals surface area (Å²) in [7, 11) is 0. The molecule has 4 rings (SSSR count). The standard InChI is InChI=1S/C26H31NO/c1-24(2)13-14-25(3,4)22-17-19(10-11-21(22)24)26(15-16-26)20-8-6-5-7-18(20)9-12-23(27)28/h5-12,17H,13-16H2,1-4H3,(H2,27,28). The molecule has 0 aliphatic heterocycles. The monoisotopic (exact) mass is 373 g/mol. The molecule has 1 amide bonds. The Bertz CT molecular complexity index is 960. The van der Waals surface area contributed by atoms with Crippen LogP contribution in [0.5, 0.6) is 0 Å². The average molecular weight is 374 g/mol. The van der Waals surface area contributed by atoms with Crippen molar-refractivity contribution in [3.05, 3.63) is 76.4 Å². The summed E-state index contributed by atoms with van der Waals surface area (Å²) in [6.45, 7) is 9.51. The quantitative estimate of drug-likeness (QED) is 0.695. The molecule has 2 aliphatic carbocycles. The van der Waals surface area contributed by atoms with Crippen molar-refractivity contribution in [2.45, 2.75) is 69.6 Å². The molecule has 0 aromatic heterocycles. The minimum absolute atomic E-state index is 0.0608. The first-order chi connectivity index (χ1) is 13.2. The summed E-state index contributed by atoms with van der Waals surface area (Å²) in [5.74, 6) is -0.405. The molecule has 0 unspecified atom stereocenters. The van der Waals surface area contributed by atoms with Crippen molar-refractivity contribution in [1.29, 1.82) is 0 Å². The Morgan fingerprint density at radius 1 is 0.857 bits per heavy atom. The fraction of sp³-hybridized carbons (Fsp3) is 0.423. The first kappa shape index (κ1) is 19.0. The van der Waals surface area contributed by atoms with Crippen LogP contribution < -0.4 is 5.73 Å². The minimum Gasteiger partial charge on any atom is -0.366 e. The third-order valence-electron chi connectivity index (χ3n) is 7.06. The van der Waals surface area contributed by atoms with E-state index in [9.17, 15) is 4.79 Å². The largest absolute Gasteiger partial charge is 0.366 e. The number of hydrogen-bond acceptors (Lipinski definition) is 1. The summed E-state index contributed by atoms with van der Waals surface area (Å²) in [4.78, 5) is 11.2. The first-order valence-electron chi connectivity index (χ1n) is 10.4. The van der Waals surface area contributed by atoms with E-state index in [2.05, 4.69) is 64.1 Å². The number of nitrogens with two attached hydrogens (primary N) is 1. The van der Waals surface area contributed by atoms with Gasteiger partial charge in [0.2, 0.25) is 5.91 Å². The Labute approximate surface area is 168 Å². The Morgan fingerprint density at radius 3 is 2.14 bits per heavy atom. The predicted molar refractivity (Wildman–Crippen MR) is 116 cm³/mol. The SMILES string of the molecule is CC1(C)CCC(C)(C)c2cc(C3(c4ccccc4C=CC(N)=O)CC3)ccc21. The molecule has 28 heavy (non-hydrogen) atoms. The highest BCUT2D eigenvalue weighted by molar-refractivity contribution is 5.90. The average Bonchev–Trinajstić information content (AvgIpc) is 3.46. The second-order valence-corrected chi connectivity index (χ2v) is 9.93. The van der Waals surface area contributed by atoms with Crippen LogP contribution >= 0.6 is 0 Å². The van der Waals surface area contributed by atoms with Crippen LogP contribution in [-0.4, -0.2) is 5.91 Å². The molecule has 2 aromatic rings. The van der Waals surface area contributed by atoms with Gasteiger partial charge in [-0.1, -0.05) is 70.2 Å². The van der Waals surface area contributed by atoms with Gasteiger partial charge in [-0.05, 0) is 70.4 Å². The van der Waals surface area contributed by atoms with Gasteiger partial charge in [-0.25, -0.2) is 0 Å². The van der Waals surface area contributed by atoms with Crippen LogP contribution in [0.15, 0.2) is 48.5 Å². The number of fused-ring (bicyclic) bond motifs is 1. The summed E-state index contributed by atoms with van der Waals surface area (Å²) in [5.41, 5.74) is 12.7. The highest BCUT2D eigenvalue weighted by atomic mass is 16.1. The smallest absolute Gasteiger partial charge is 0.241 e. The summed E-state index contributed by atoms with van der Waals surface area (Å²) >= 11 is 0. The maximum Gasteiger partial charge on any atom is 0.241 e. The van der Waals surface area contributed by atoms with Gasteiger partial charge in [0.25, 0.3) is 0 Å². The lowest BCUT2D eigenvalue weighted by Crippen LogP contribution is -2.34. The van der Waals surface area contributed by atoms with Crippen molar-refractivity contribution < 1.29 is 4.79 Å². The molecule has 2 heteroatoms. The van der Waals surface area contributed by atoms with E-state index < -0.39 is 5.91 Å². The summed E-state index contributed by atoms with van der Waals surface area (Å²) in [6.07, 6.45) is 8.09. The van der Waals surface area contributed by atoms with Gasteiger partial charge >= 0.3 is 0 Å². The van der Waals surface area contributed by atoms with Gasteiger partial charge in [-0.3, -0.25) is 4.79 Å². The van der Waals surface area contributed by atoms with Crippen molar-refractivity contribution >= 4 is 12.0 Å². The molecule has 0 heterocycles. The number of benzene rings is 2. The highest BCUT2D eigenvalue weighted by Gasteiger charge is 2.48. The molecule has 2 aliphatic rings. The lowest BCUT2D eigenvalue weighted by atomic mass is 9.62. The van der Waals surface area contributed by atoms with Crippen molar-refractivity contribution in [2.24, 2.45) is 5.73 Å². The molecular weight excluding hydrogens is 342 g/mol. The number of carbonyl (C=O) groups is 1. The maximum absolute atomic E-state index is 11.2. The van der Waals surface area contributed by atoms with Crippen LogP contribution in [0.25, 0.3) is 6.08 Å². The van der Waals surface area contributed by atoms with E-state index in [-0.39, 0.29) is 16.2 Å².